The number of methoxy groups -OCH3 is 2. The highest BCUT2D eigenvalue weighted by Crippen LogP contribution is 2.51. The minimum atomic E-state index is -0.330. The Kier molecular flexibility index (Phi) is 11.2. The van der Waals surface area contributed by atoms with Gasteiger partial charge in [-0.2, -0.15) is 0 Å². The van der Waals surface area contributed by atoms with E-state index in [9.17, 15) is 9.59 Å². The van der Waals surface area contributed by atoms with Gasteiger partial charge in [-0.1, -0.05) is 90.5 Å². The zero-order chi connectivity index (χ0) is 25.1. The minimum Gasteiger partial charge on any atom is -0.490 e. The van der Waals surface area contributed by atoms with Crippen molar-refractivity contribution in [2.24, 2.45) is 11.8 Å². The minimum absolute atomic E-state index is 0.224. The normalized spacial score (nSPS) is 12.8. The molecule has 0 fully saturated rings. The van der Waals surface area contributed by atoms with Gasteiger partial charge in [0.2, 0.25) is 11.5 Å². The van der Waals surface area contributed by atoms with Gasteiger partial charge in [-0.05, 0) is 11.8 Å². The van der Waals surface area contributed by atoms with Crippen LogP contribution in [0.25, 0.3) is 10.8 Å². The van der Waals surface area contributed by atoms with E-state index in [1.165, 1.54) is 14.2 Å². The average Bonchev–Trinajstić information content (AvgIpc) is 2.82. The van der Waals surface area contributed by atoms with E-state index in [2.05, 4.69) is 27.7 Å². The Bertz CT molecular complexity index is 875. The Morgan fingerprint density at radius 1 is 0.706 bits per heavy atom. The van der Waals surface area contributed by atoms with Crippen LogP contribution in [0.3, 0.4) is 0 Å². The zero-order valence-electron chi connectivity index (χ0n) is 21.6. The van der Waals surface area contributed by atoms with Crippen molar-refractivity contribution in [1.82, 2.24) is 0 Å². The third-order valence-corrected chi connectivity index (χ3v) is 6.01. The molecule has 2 unspecified atom stereocenters. The maximum atomic E-state index is 12.8. The molecule has 0 heterocycles. The number of esters is 2. The number of carbonyl (C=O) groups excluding carboxylic acids is 2. The zero-order valence-corrected chi connectivity index (χ0v) is 21.6. The van der Waals surface area contributed by atoms with E-state index in [1.807, 2.05) is 24.3 Å². The van der Waals surface area contributed by atoms with Crippen LogP contribution in [-0.2, 0) is 9.59 Å². The molecule has 2 atom stereocenters. The van der Waals surface area contributed by atoms with Crippen molar-refractivity contribution in [3.05, 3.63) is 24.3 Å². The molecule has 2 aromatic rings. The van der Waals surface area contributed by atoms with Gasteiger partial charge >= 0.3 is 11.9 Å². The summed E-state index contributed by atoms with van der Waals surface area (Å²) in [6.07, 6.45) is 6.89. The second-order valence-electron chi connectivity index (χ2n) is 9.12. The molecule has 0 amide bonds. The first-order chi connectivity index (χ1) is 16.4. The average molecular weight is 473 g/mol. The van der Waals surface area contributed by atoms with Crippen LogP contribution in [0.5, 0.6) is 23.0 Å². The van der Waals surface area contributed by atoms with Crippen molar-refractivity contribution in [1.29, 1.82) is 0 Å². The number of carbonyl (C=O) groups is 2. The summed E-state index contributed by atoms with van der Waals surface area (Å²) in [6, 6.07) is 7.32. The fourth-order valence-corrected chi connectivity index (χ4v) is 4.09. The lowest BCUT2D eigenvalue weighted by Gasteiger charge is -2.20. The highest BCUT2D eigenvalue weighted by molar-refractivity contribution is 6.01. The molecule has 6 nitrogen and oxygen atoms in total. The van der Waals surface area contributed by atoms with Crippen LogP contribution in [0, 0.1) is 11.8 Å². The molecule has 0 N–H and O–H groups in total. The van der Waals surface area contributed by atoms with Crippen LogP contribution in [0.2, 0.25) is 0 Å². The van der Waals surface area contributed by atoms with Crippen LogP contribution >= 0.6 is 0 Å². The third kappa shape index (κ3) is 7.37. The summed E-state index contributed by atoms with van der Waals surface area (Å²) < 4.78 is 22.9. The van der Waals surface area contributed by atoms with Gasteiger partial charge in [0.15, 0.2) is 11.5 Å². The summed E-state index contributed by atoms with van der Waals surface area (Å²) in [5.41, 5.74) is 0. The summed E-state index contributed by atoms with van der Waals surface area (Å²) in [5, 5.41) is 1.24. The maximum absolute atomic E-state index is 12.8. The van der Waals surface area contributed by atoms with Crippen molar-refractivity contribution < 1.29 is 28.5 Å². The molecule has 0 bridgehead atoms. The quantitative estimate of drug-likeness (QED) is 0.216. The van der Waals surface area contributed by atoms with Crippen molar-refractivity contribution in [2.75, 3.05) is 14.2 Å². The van der Waals surface area contributed by atoms with E-state index in [0.29, 0.717) is 23.6 Å². The van der Waals surface area contributed by atoms with Gasteiger partial charge in [-0.3, -0.25) is 9.59 Å². The van der Waals surface area contributed by atoms with E-state index in [-0.39, 0.29) is 46.8 Å². The standard InChI is InChI=1S/C28H40O6/c1-7-9-13-19(3)17-23(29)33-25-21-15-11-12-16-22(21)26(28(32-6)27(25)31-5)34-24(30)18-20(4)14-10-8-2/h11-12,15-16,19-20H,7-10,13-14,17-18H2,1-6H3. The second-order valence-corrected chi connectivity index (χ2v) is 9.12. The van der Waals surface area contributed by atoms with Crippen LogP contribution in [-0.4, -0.2) is 26.2 Å². The van der Waals surface area contributed by atoms with Gasteiger partial charge in [0.05, 0.1) is 14.2 Å². The SMILES string of the molecule is CCCCC(C)CC(=O)Oc1c(OC)c(OC)c(OC(=O)CC(C)CCCC)c2ccccc12. The topological polar surface area (TPSA) is 71.1 Å². The van der Waals surface area contributed by atoms with Crippen molar-refractivity contribution in [3.8, 4) is 23.0 Å². The van der Waals surface area contributed by atoms with Gasteiger partial charge in [0, 0.05) is 23.6 Å². The van der Waals surface area contributed by atoms with Gasteiger partial charge < -0.3 is 18.9 Å². The molecule has 0 saturated carbocycles. The summed E-state index contributed by atoms with van der Waals surface area (Å²) in [7, 11) is 2.96. The third-order valence-electron chi connectivity index (χ3n) is 6.01. The predicted octanol–water partition coefficient (Wildman–Crippen LogP) is 7.10. The van der Waals surface area contributed by atoms with Crippen LogP contribution in [0.4, 0.5) is 0 Å². The van der Waals surface area contributed by atoms with Crippen LogP contribution in [0.1, 0.15) is 79.1 Å². The number of ether oxygens (including phenoxy) is 4. The van der Waals surface area contributed by atoms with Crippen LogP contribution < -0.4 is 18.9 Å². The molecule has 0 aliphatic rings. The van der Waals surface area contributed by atoms with Crippen molar-refractivity contribution >= 4 is 22.7 Å². The van der Waals surface area contributed by atoms with Crippen molar-refractivity contribution in [2.45, 2.75) is 79.1 Å². The lowest BCUT2D eigenvalue weighted by Crippen LogP contribution is -2.15. The molecule has 6 heteroatoms. The Labute approximate surface area is 203 Å². The Balaban J connectivity index is 2.40. The highest BCUT2D eigenvalue weighted by atomic mass is 16.6. The van der Waals surface area contributed by atoms with E-state index in [4.69, 9.17) is 18.9 Å². The molecular formula is C28H40O6. The fraction of sp³-hybridized carbons (Fsp3) is 0.571. The summed E-state index contributed by atoms with van der Waals surface area (Å²) in [5.74, 6) is 0.808. The lowest BCUT2D eigenvalue weighted by atomic mass is 10.0. The molecule has 0 aliphatic carbocycles. The first-order valence-corrected chi connectivity index (χ1v) is 12.4. The Morgan fingerprint density at radius 2 is 1.09 bits per heavy atom. The molecule has 188 valence electrons. The molecule has 0 spiro atoms. The summed E-state index contributed by atoms with van der Waals surface area (Å²) >= 11 is 0. The number of benzene rings is 2. The van der Waals surface area contributed by atoms with Crippen molar-refractivity contribution in [3.63, 3.8) is 0 Å². The van der Waals surface area contributed by atoms with E-state index >= 15 is 0 Å². The number of rotatable bonds is 14. The molecule has 0 radical (unpaired) electrons. The first-order valence-electron chi connectivity index (χ1n) is 12.4. The van der Waals surface area contributed by atoms with E-state index < -0.39 is 0 Å². The first kappa shape index (κ1) is 27.5. The second kappa shape index (κ2) is 13.8. The molecule has 0 saturated heterocycles. The van der Waals surface area contributed by atoms with Gasteiger partial charge in [-0.25, -0.2) is 0 Å². The largest absolute Gasteiger partial charge is 0.490 e. The van der Waals surface area contributed by atoms with E-state index in [1.54, 1.807) is 0 Å². The Hall–Kier alpha value is -2.76. The molecular weight excluding hydrogens is 432 g/mol. The van der Waals surface area contributed by atoms with Gasteiger partial charge in [-0.15, -0.1) is 0 Å². The number of fused-ring (bicyclic) bond motifs is 1. The fourth-order valence-electron chi connectivity index (χ4n) is 4.09. The summed E-state index contributed by atoms with van der Waals surface area (Å²) in [6.45, 7) is 8.37. The molecule has 0 aromatic heterocycles. The Morgan fingerprint density at radius 3 is 1.41 bits per heavy atom. The van der Waals surface area contributed by atoms with Crippen LogP contribution in [0.15, 0.2) is 24.3 Å². The van der Waals surface area contributed by atoms with E-state index in [0.717, 1.165) is 38.5 Å². The molecule has 0 aliphatic heterocycles. The number of hydrogen-bond donors (Lipinski definition) is 0. The van der Waals surface area contributed by atoms with Gasteiger partial charge in [0.1, 0.15) is 0 Å². The maximum Gasteiger partial charge on any atom is 0.311 e. The summed E-state index contributed by atoms with van der Waals surface area (Å²) in [4.78, 5) is 25.5. The highest BCUT2D eigenvalue weighted by Gasteiger charge is 2.27. The molecule has 34 heavy (non-hydrogen) atoms. The molecule has 2 rings (SSSR count). The van der Waals surface area contributed by atoms with Gasteiger partial charge in [0.25, 0.3) is 0 Å². The number of hydrogen-bond acceptors (Lipinski definition) is 6. The smallest absolute Gasteiger partial charge is 0.311 e. The predicted molar refractivity (Wildman–Crippen MR) is 135 cm³/mol. The molecule has 2 aromatic carbocycles. The lowest BCUT2D eigenvalue weighted by molar-refractivity contribution is -0.136. The number of unbranched alkanes of at least 4 members (excludes halogenated alkanes) is 2. The monoisotopic (exact) mass is 472 g/mol.